The largest absolute Gasteiger partial charge is 0.497 e. The highest BCUT2D eigenvalue weighted by molar-refractivity contribution is 7.89. The molecule has 158 valence electrons. The Bertz CT molecular complexity index is 940. The van der Waals surface area contributed by atoms with Gasteiger partial charge in [0, 0.05) is 6.07 Å². The molecule has 0 aliphatic rings. The average Bonchev–Trinajstić information content (AvgIpc) is 2.67. The molecule has 0 radical (unpaired) electrons. The van der Waals surface area contributed by atoms with Crippen LogP contribution in [0.2, 0.25) is 0 Å². The fourth-order valence-corrected chi connectivity index (χ4v) is 3.98. The van der Waals surface area contributed by atoms with E-state index in [0.29, 0.717) is 23.6 Å². The molecule has 0 aromatic heterocycles. The molecule has 0 unspecified atom stereocenters. The molecule has 0 spiro atoms. The van der Waals surface area contributed by atoms with Crippen LogP contribution in [0.1, 0.15) is 25.8 Å². The van der Waals surface area contributed by atoms with Gasteiger partial charge in [-0.1, -0.05) is 31.5 Å². The number of nitrogens with one attached hydrogen (secondary N) is 2. The van der Waals surface area contributed by atoms with E-state index in [1.165, 1.54) is 26.4 Å². The molecule has 0 saturated carbocycles. The van der Waals surface area contributed by atoms with Gasteiger partial charge in [0.05, 0.1) is 24.8 Å². The van der Waals surface area contributed by atoms with Crippen molar-refractivity contribution < 1.29 is 22.7 Å². The van der Waals surface area contributed by atoms with Crippen LogP contribution in [0.4, 0.5) is 5.69 Å². The minimum Gasteiger partial charge on any atom is -0.497 e. The molecule has 1 amide bonds. The number of methoxy groups -OCH3 is 2. The number of ether oxygens (including phenoxy) is 2. The molecule has 29 heavy (non-hydrogen) atoms. The maximum absolute atomic E-state index is 12.9. The second-order valence-electron chi connectivity index (χ2n) is 7.17. The standard InChI is InChI=1S/C21H28N2O5S/c1-14(2)12-19(23-29(25,26)17-9-6-15(3)7-10-17)21(24)22-18-11-8-16(27-4)13-20(18)28-5/h6-11,13-14,19,23H,12H2,1-5H3,(H,22,24)/t19-/m1/s1. The fourth-order valence-electron chi connectivity index (χ4n) is 2.77. The van der Waals surface area contributed by atoms with Gasteiger partial charge in [-0.2, -0.15) is 4.72 Å². The lowest BCUT2D eigenvalue weighted by Gasteiger charge is -2.21. The Kier molecular flexibility index (Phi) is 7.64. The lowest BCUT2D eigenvalue weighted by Crippen LogP contribution is -2.44. The lowest BCUT2D eigenvalue weighted by atomic mass is 10.0. The van der Waals surface area contributed by atoms with Crippen molar-refractivity contribution in [2.75, 3.05) is 19.5 Å². The van der Waals surface area contributed by atoms with Crippen molar-refractivity contribution >= 4 is 21.6 Å². The summed E-state index contributed by atoms with van der Waals surface area (Å²) in [6.45, 7) is 5.73. The first-order chi connectivity index (χ1) is 13.7. The van der Waals surface area contributed by atoms with Gasteiger partial charge < -0.3 is 14.8 Å². The maximum atomic E-state index is 12.9. The number of amides is 1. The summed E-state index contributed by atoms with van der Waals surface area (Å²) in [6.07, 6.45) is 0.343. The van der Waals surface area contributed by atoms with Gasteiger partial charge in [0.25, 0.3) is 0 Å². The SMILES string of the molecule is COc1ccc(NC(=O)[C@@H](CC(C)C)NS(=O)(=O)c2ccc(C)cc2)c(OC)c1. The number of rotatable bonds is 9. The topological polar surface area (TPSA) is 93.7 Å². The van der Waals surface area contributed by atoms with Crippen molar-refractivity contribution in [3.8, 4) is 11.5 Å². The van der Waals surface area contributed by atoms with Crippen LogP contribution < -0.4 is 19.5 Å². The highest BCUT2D eigenvalue weighted by Gasteiger charge is 2.27. The predicted octanol–water partition coefficient (Wildman–Crippen LogP) is 3.34. The zero-order chi connectivity index (χ0) is 21.6. The van der Waals surface area contributed by atoms with Crippen molar-refractivity contribution in [2.45, 2.75) is 38.1 Å². The van der Waals surface area contributed by atoms with Crippen LogP contribution in [0.15, 0.2) is 47.4 Å². The zero-order valence-electron chi connectivity index (χ0n) is 17.4. The summed E-state index contributed by atoms with van der Waals surface area (Å²) in [6, 6.07) is 10.5. The smallest absolute Gasteiger partial charge is 0.242 e. The lowest BCUT2D eigenvalue weighted by molar-refractivity contribution is -0.118. The van der Waals surface area contributed by atoms with Gasteiger partial charge in [0.2, 0.25) is 15.9 Å². The summed E-state index contributed by atoms with van der Waals surface area (Å²) in [4.78, 5) is 13.0. The summed E-state index contributed by atoms with van der Waals surface area (Å²) in [5, 5.41) is 2.75. The first-order valence-electron chi connectivity index (χ1n) is 9.28. The zero-order valence-corrected chi connectivity index (χ0v) is 18.2. The molecule has 0 aliphatic carbocycles. The fraction of sp³-hybridized carbons (Fsp3) is 0.381. The molecule has 0 aliphatic heterocycles. The number of carbonyl (C=O) groups is 1. The molecular weight excluding hydrogens is 392 g/mol. The Balaban J connectivity index is 2.25. The molecule has 0 heterocycles. The van der Waals surface area contributed by atoms with Crippen LogP contribution in [-0.4, -0.2) is 34.6 Å². The Morgan fingerprint density at radius 3 is 2.24 bits per heavy atom. The summed E-state index contributed by atoms with van der Waals surface area (Å²) >= 11 is 0. The van der Waals surface area contributed by atoms with E-state index in [9.17, 15) is 13.2 Å². The van der Waals surface area contributed by atoms with Gasteiger partial charge in [0.15, 0.2) is 0 Å². The highest BCUT2D eigenvalue weighted by atomic mass is 32.2. The van der Waals surface area contributed by atoms with E-state index >= 15 is 0 Å². The molecule has 2 rings (SSSR count). The second-order valence-corrected chi connectivity index (χ2v) is 8.89. The Hall–Kier alpha value is -2.58. The summed E-state index contributed by atoms with van der Waals surface area (Å²) in [5.41, 5.74) is 1.38. The van der Waals surface area contributed by atoms with E-state index in [-0.39, 0.29) is 10.8 Å². The van der Waals surface area contributed by atoms with E-state index in [0.717, 1.165) is 5.56 Å². The predicted molar refractivity (Wildman–Crippen MR) is 113 cm³/mol. The van der Waals surface area contributed by atoms with Crippen LogP contribution in [0, 0.1) is 12.8 Å². The van der Waals surface area contributed by atoms with Crippen LogP contribution in [-0.2, 0) is 14.8 Å². The van der Waals surface area contributed by atoms with Crippen molar-refractivity contribution in [3.63, 3.8) is 0 Å². The van der Waals surface area contributed by atoms with E-state index in [2.05, 4.69) is 10.0 Å². The number of hydrogen-bond acceptors (Lipinski definition) is 5. The van der Waals surface area contributed by atoms with Gasteiger partial charge in [-0.15, -0.1) is 0 Å². The Morgan fingerprint density at radius 2 is 1.69 bits per heavy atom. The van der Waals surface area contributed by atoms with Gasteiger partial charge in [-0.25, -0.2) is 8.42 Å². The van der Waals surface area contributed by atoms with Gasteiger partial charge in [-0.05, 0) is 43.5 Å². The van der Waals surface area contributed by atoms with E-state index < -0.39 is 22.0 Å². The number of hydrogen-bond donors (Lipinski definition) is 2. The van der Waals surface area contributed by atoms with Crippen molar-refractivity contribution in [1.82, 2.24) is 4.72 Å². The quantitative estimate of drug-likeness (QED) is 0.649. The molecule has 7 nitrogen and oxygen atoms in total. The number of anilines is 1. The number of benzene rings is 2. The van der Waals surface area contributed by atoms with E-state index in [1.807, 2.05) is 20.8 Å². The Morgan fingerprint density at radius 1 is 1.03 bits per heavy atom. The summed E-state index contributed by atoms with van der Waals surface area (Å²) < 4.78 is 38.5. The molecule has 2 aromatic rings. The van der Waals surface area contributed by atoms with Crippen molar-refractivity contribution in [2.24, 2.45) is 5.92 Å². The van der Waals surface area contributed by atoms with Crippen LogP contribution in [0.25, 0.3) is 0 Å². The first kappa shape index (κ1) is 22.7. The third-order valence-corrected chi connectivity index (χ3v) is 5.81. The molecule has 0 bridgehead atoms. The van der Waals surface area contributed by atoms with E-state index in [4.69, 9.17) is 9.47 Å². The summed E-state index contributed by atoms with van der Waals surface area (Å²) in [5.74, 6) is 0.642. The number of aryl methyl sites for hydroxylation is 1. The maximum Gasteiger partial charge on any atom is 0.242 e. The average molecular weight is 421 g/mol. The number of carbonyl (C=O) groups excluding carboxylic acids is 1. The molecule has 2 aromatic carbocycles. The highest BCUT2D eigenvalue weighted by Crippen LogP contribution is 2.29. The molecule has 1 atom stereocenters. The minimum absolute atomic E-state index is 0.101. The molecular formula is C21H28N2O5S. The van der Waals surface area contributed by atoms with Gasteiger partial charge in [-0.3, -0.25) is 4.79 Å². The molecule has 0 saturated heterocycles. The monoisotopic (exact) mass is 420 g/mol. The molecule has 8 heteroatoms. The van der Waals surface area contributed by atoms with Crippen LogP contribution in [0.3, 0.4) is 0 Å². The third-order valence-electron chi connectivity index (χ3n) is 4.32. The normalized spacial score (nSPS) is 12.5. The van der Waals surface area contributed by atoms with Gasteiger partial charge >= 0.3 is 0 Å². The van der Waals surface area contributed by atoms with Crippen LogP contribution in [0.5, 0.6) is 11.5 Å². The first-order valence-corrected chi connectivity index (χ1v) is 10.8. The minimum atomic E-state index is -3.85. The Labute approximate surface area is 172 Å². The van der Waals surface area contributed by atoms with E-state index in [1.54, 1.807) is 30.3 Å². The summed E-state index contributed by atoms with van der Waals surface area (Å²) in [7, 11) is -0.832. The number of sulfonamides is 1. The van der Waals surface area contributed by atoms with Crippen LogP contribution >= 0.6 is 0 Å². The van der Waals surface area contributed by atoms with Crippen molar-refractivity contribution in [3.05, 3.63) is 48.0 Å². The van der Waals surface area contributed by atoms with Gasteiger partial charge in [0.1, 0.15) is 17.5 Å². The third kappa shape index (κ3) is 6.20. The molecule has 2 N–H and O–H groups in total. The second kappa shape index (κ2) is 9.76. The van der Waals surface area contributed by atoms with Crippen molar-refractivity contribution in [1.29, 1.82) is 0 Å². The molecule has 0 fully saturated rings.